The fourth-order valence-electron chi connectivity index (χ4n) is 2.48. The van der Waals surface area contributed by atoms with E-state index >= 15 is 0 Å². The van der Waals surface area contributed by atoms with Crippen LogP contribution in [0.15, 0.2) is 24.3 Å². The van der Waals surface area contributed by atoms with E-state index < -0.39 is 0 Å². The molecule has 1 fully saturated rings. The van der Waals surface area contributed by atoms with E-state index in [1.54, 1.807) is 0 Å². The Kier molecular flexibility index (Phi) is 11.2. The molecule has 1 aliphatic rings. The molecule has 1 aromatic rings. The van der Waals surface area contributed by atoms with E-state index in [9.17, 15) is 0 Å². The molecule has 0 saturated carbocycles. The van der Waals surface area contributed by atoms with Gasteiger partial charge in [0.2, 0.25) is 0 Å². The van der Waals surface area contributed by atoms with Crippen LogP contribution in [0.4, 0.5) is 0 Å². The molecule has 1 saturated heterocycles. The zero-order chi connectivity index (χ0) is 17.0. The minimum absolute atomic E-state index is 0.212. The minimum atomic E-state index is 0.212. The lowest BCUT2D eigenvalue weighted by Crippen LogP contribution is -2.43. The van der Waals surface area contributed by atoms with Crippen LogP contribution in [0.5, 0.6) is 0 Å². The highest BCUT2D eigenvalue weighted by molar-refractivity contribution is 5.28. The van der Waals surface area contributed by atoms with E-state index in [0.29, 0.717) is 0 Å². The molecular weight excluding hydrogens is 270 g/mol. The predicted octanol–water partition coefficient (Wildman–Crippen LogP) is 5.05. The van der Waals surface area contributed by atoms with Crippen molar-refractivity contribution in [2.45, 2.75) is 60.3 Å². The average molecular weight is 308 g/mol. The molecule has 0 aliphatic carbocycles. The Labute approximate surface area is 138 Å². The highest BCUT2D eigenvalue weighted by Gasteiger charge is 2.24. The number of aryl methyl sites for hydroxylation is 1. The van der Waals surface area contributed by atoms with Crippen LogP contribution in [0.25, 0.3) is 0 Å². The van der Waals surface area contributed by atoms with Gasteiger partial charge < -0.3 is 4.74 Å². The Balaban J connectivity index is 0.000000789. The summed E-state index contributed by atoms with van der Waals surface area (Å²) in [6.07, 6.45) is 1.25. The third kappa shape index (κ3) is 7.95. The molecule has 1 aliphatic heterocycles. The first-order valence-corrected chi connectivity index (χ1v) is 8.87. The molecule has 0 aromatic heterocycles. The van der Waals surface area contributed by atoms with Gasteiger partial charge in [-0.15, -0.1) is 0 Å². The van der Waals surface area contributed by atoms with Gasteiger partial charge in [-0.05, 0) is 12.5 Å². The quantitative estimate of drug-likeness (QED) is 0.775. The van der Waals surface area contributed by atoms with Gasteiger partial charge in [-0.1, -0.05) is 77.8 Å². The summed E-state index contributed by atoms with van der Waals surface area (Å²) >= 11 is 0. The molecule has 2 rings (SSSR count). The summed E-state index contributed by atoms with van der Waals surface area (Å²) < 4.78 is 5.40. The summed E-state index contributed by atoms with van der Waals surface area (Å²) in [5, 5.41) is 0. The van der Waals surface area contributed by atoms with Gasteiger partial charge in [0.25, 0.3) is 0 Å². The van der Waals surface area contributed by atoms with Crippen molar-refractivity contribution in [2.75, 3.05) is 32.8 Å². The first-order valence-electron chi connectivity index (χ1n) is 8.87. The molecule has 1 aromatic carbocycles. The second-order valence-corrected chi connectivity index (χ2v) is 6.35. The van der Waals surface area contributed by atoms with Crippen LogP contribution in [-0.2, 0) is 10.2 Å². The van der Waals surface area contributed by atoms with Crippen molar-refractivity contribution in [1.29, 1.82) is 0 Å². The first-order chi connectivity index (χ1) is 10.5. The van der Waals surface area contributed by atoms with Gasteiger partial charge in [0.15, 0.2) is 0 Å². The van der Waals surface area contributed by atoms with Crippen molar-refractivity contribution in [3.05, 3.63) is 35.4 Å². The molecule has 0 atom stereocenters. The van der Waals surface area contributed by atoms with Gasteiger partial charge in [0, 0.05) is 25.0 Å². The molecule has 0 unspecified atom stereocenters. The number of benzene rings is 1. The zero-order valence-corrected chi connectivity index (χ0v) is 15.9. The predicted molar refractivity (Wildman–Crippen MR) is 98.8 cm³/mol. The Morgan fingerprint density at radius 1 is 1.09 bits per heavy atom. The van der Waals surface area contributed by atoms with Gasteiger partial charge >= 0.3 is 0 Å². The van der Waals surface area contributed by atoms with Crippen LogP contribution in [0, 0.1) is 6.92 Å². The van der Waals surface area contributed by atoms with Gasteiger partial charge in [-0.2, -0.15) is 0 Å². The van der Waals surface area contributed by atoms with Gasteiger partial charge in [0.1, 0.15) is 0 Å². The topological polar surface area (TPSA) is 12.5 Å². The van der Waals surface area contributed by atoms with Crippen molar-refractivity contribution in [3.8, 4) is 0 Å². The summed E-state index contributed by atoms with van der Waals surface area (Å²) in [6, 6.07) is 8.87. The summed E-state index contributed by atoms with van der Waals surface area (Å²) in [5.74, 6) is 0. The van der Waals surface area contributed by atoms with E-state index in [-0.39, 0.29) is 5.41 Å². The molecule has 0 bridgehead atoms. The first kappa shape index (κ1) is 21.1. The molecule has 0 amide bonds. The van der Waals surface area contributed by atoms with Crippen molar-refractivity contribution in [3.63, 3.8) is 0 Å². The highest BCUT2D eigenvalue weighted by Crippen LogP contribution is 2.25. The number of morpholine rings is 1. The Hall–Kier alpha value is -0.860. The number of hydrogen-bond acceptors (Lipinski definition) is 2. The molecule has 0 spiro atoms. The van der Waals surface area contributed by atoms with Gasteiger partial charge in [-0.25, -0.2) is 0 Å². The Bertz CT molecular complexity index is 381. The second kappa shape index (κ2) is 11.7. The maximum Gasteiger partial charge on any atom is 0.0594 e. The normalized spacial score (nSPS) is 15.2. The fraction of sp³-hybridized carbons (Fsp3) is 0.700. The van der Waals surface area contributed by atoms with Crippen LogP contribution < -0.4 is 0 Å². The third-order valence-corrected chi connectivity index (χ3v) is 3.52. The van der Waals surface area contributed by atoms with Crippen LogP contribution >= 0.6 is 0 Å². The van der Waals surface area contributed by atoms with E-state index in [1.807, 2.05) is 13.8 Å². The Morgan fingerprint density at radius 3 is 2.14 bits per heavy atom. The average Bonchev–Trinajstić information content (AvgIpc) is 2.51. The zero-order valence-electron chi connectivity index (χ0n) is 15.9. The van der Waals surface area contributed by atoms with Gasteiger partial charge in [-0.3, -0.25) is 4.90 Å². The lowest BCUT2D eigenvalue weighted by atomic mass is 9.83. The van der Waals surface area contributed by atoms with Crippen molar-refractivity contribution < 1.29 is 4.74 Å². The minimum Gasteiger partial charge on any atom is -0.379 e. The molecule has 0 N–H and O–H groups in total. The molecule has 22 heavy (non-hydrogen) atoms. The monoisotopic (exact) mass is 307 g/mol. The molecule has 2 nitrogen and oxygen atoms in total. The molecule has 2 heteroatoms. The van der Waals surface area contributed by atoms with E-state index in [1.165, 1.54) is 17.5 Å². The summed E-state index contributed by atoms with van der Waals surface area (Å²) in [7, 11) is 0. The molecule has 128 valence electrons. The highest BCUT2D eigenvalue weighted by atomic mass is 16.5. The molecular formula is C20H37NO. The fourth-order valence-corrected chi connectivity index (χ4v) is 2.48. The van der Waals surface area contributed by atoms with E-state index in [4.69, 9.17) is 4.74 Å². The van der Waals surface area contributed by atoms with E-state index in [2.05, 4.69) is 63.8 Å². The lowest BCUT2D eigenvalue weighted by molar-refractivity contribution is 0.0295. The van der Waals surface area contributed by atoms with Gasteiger partial charge in [0.05, 0.1) is 13.2 Å². The van der Waals surface area contributed by atoms with Crippen molar-refractivity contribution in [1.82, 2.24) is 4.90 Å². The smallest absolute Gasteiger partial charge is 0.0594 e. The summed E-state index contributed by atoms with van der Waals surface area (Å²) in [6.45, 7) is 20.1. The van der Waals surface area contributed by atoms with Crippen molar-refractivity contribution in [2.24, 2.45) is 0 Å². The van der Waals surface area contributed by atoms with E-state index in [0.717, 1.165) is 32.8 Å². The summed E-state index contributed by atoms with van der Waals surface area (Å²) in [5.41, 5.74) is 2.99. The largest absolute Gasteiger partial charge is 0.379 e. The van der Waals surface area contributed by atoms with Crippen LogP contribution in [-0.4, -0.2) is 37.7 Å². The van der Waals surface area contributed by atoms with Crippen LogP contribution in [0.3, 0.4) is 0 Å². The third-order valence-electron chi connectivity index (χ3n) is 3.52. The SMILES string of the molecule is CC.CCC.Cc1cccc(C(C)(C)CN2CCOCC2)c1. The number of nitrogens with zero attached hydrogens (tertiary/aromatic N) is 1. The maximum atomic E-state index is 5.40. The molecule has 1 heterocycles. The Morgan fingerprint density at radius 2 is 1.64 bits per heavy atom. The standard InChI is InChI=1S/C15H23NO.C3H8.C2H6/c1-13-5-4-6-14(11-13)15(2,3)12-16-7-9-17-10-8-16;1-3-2;1-2/h4-6,11H,7-10,12H2,1-3H3;3H2,1-2H3;1-2H3. The lowest BCUT2D eigenvalue weighted by Gasteiger charge is -2.35. The number of ether oxygens (including phenoxy) is 1. The number of hydrogen-bond donors (Lipinski definition) is 0. The number of rotatable bonds is 3. The second-order valence-electron chi connectivity index (χ2n) is 6.35. The van der Waals surface area contributed by atoms with Crippen LogP contribution in [0.2, 0.25) is 0 Å². The maximum absolute atomic E-state index is 5.40. The summed E-state index contributed by atoms with van der Waals surface area (Å²) in [4.78, 5) is 2.51. The van der Waals surface area contributed by atoms with Crippen molar-refractivity contribution >= 4 is 0 Å². The molecule has 0 radical (unpaired) electrons. The van der Waals surface area contributed by atoms with Crippen LogP contribution in [0.1, 0.15) is 59.1 Å².